The molecule has 0 radical (unpaired) electrons. The monoisotopic (exact) mass is 360 g/mol. The molecule has 2 unspecified atom stereocenters. The van der Waals surface area contributed by atoms with Crippen LogP contribution in [0.2, 0.25) is 0 Å². The van der Waals surface area contributed by atoms with Gasteiger partial charge in [-0.2, -0.15) is 0 Å². The van der Waals surface area contributed by atoms with Gasteiger partial charge in [0.25, 0.3) is 0 Å². The molecular weight excluding hydrogens is 332 g/mol. The van der Waals surface area contributed by atoms with Gasteiger partial charge in [-0.05, 0) is 36.3 Å². The first-order valence-electron chi connectivity index (χ1n) is 8.93. The van der Waals surface area contributed by atoms with E-state index in [9.17, 15) is 5.11 Å². The van der Waals surface area contributed by atoms with Crippen LogP contribution in [0.5, 0.6) is 0 Å². The molecule has 0 bridgehead atoms. The molecule has 0 aliphatic carbocycles. The van der Waals surface area contributed by atoms with Crippen LogP contribution < -0.4 is 0 Å². The Bertz CT molecular complexity index is 645. The van der Waals surface area contributed by atoms with Gasteiger partial charge in [0, 0.05) is 24.8 Å². The van der Waals surface area contributed by atoms with E-state index in [0.29, 0.717) is 30.8 Å². The van der Waals surface area contributed by atoms with Gasteiger partial charge in [-0.3, -0.25) is 0 Å². The summed E-state index contributed by atoms with van der Waals surface area (Å²) < 4.78 is 11.0. The van der Waals surface area contributed by atoms with Crippen molar-refractivity contribution in [3.05, 3.63) is 47.6 Å². The maximum Gasteiger partial charge on any atom is 0.156 e. The lowest BCUT2D eigenvalue weighted by atomic mass is 10.0. The number of hydrogen-bond donors (Lipinski definition) is 1. The smallest absolute Gasteiger partial charge is 0.156 e. The van der Waals surface area contributed by atoms with Crippen molar-refractivity contribution in [1.82, 2.24) is 19.9 Å². The van der Waals surface area contributed by atoms with Crippen molar-refractivity contribution in [2.45, 2.75) is 58.7 Å². The molecule has 0 aliphatic rings. The minimum Gasteiger partial charge on any atom is -0.385 e. The number of nitrogens with zero attached hydrogens (tertiary/aromatic N) is 4. The van der Waals surface area contributed by atoms with Crippen molar-refractivity contribution in [2.24, 2.45) is 0 Å². The number of ether oxygens (including phenoxy) is 2. The van der Waals surface area contributed by atoms with Gasteiger partial charge in [0.2, 0.25) is 0 Å². The quantitative estimate of drug-likeness (QED) is 0.514. The summed E-state index contributed by atoms with van der Waals surface area (Å²) in [5.41, 5.74) is 2.14. The topological polar surface area (TPSA) is 90.2 Å². The molecule has 142 valence electrons. The molecule has 2 aromatic heterocycles. The highest BCUT2D eigenvalue weighted by Gasteiger charge is 2.09. The van der Waals surface area contributed by atoms with Crippen LogP contribution >= 0.6 is 0 Å². The SMILES string of the molecule is CC(C)c1cnc(COCOCCC(C)c2cnc(C(C)O)nc2)nc1. The molecule has 26 heavy (non-hydrogen) atoms. The minimum atomic E-state index is -0.648. The minimum absolute atomic E-state index is 0.208. The molecule has 0 spiro atoms. The standard InChI is InChI=1S/C19H28N4O3/c1-13(2)16-7-20-18(21-8-16)11-26-12-25-6-5-14(3)17-9-22-19(15(4)24)23-10-17/h7-10,13-15,24H,5-6,11-12H2,1-4H3. The number of hydrogen-bond acceptors (Lipinski definition) is 7. The second kappa shape index (κ2) is 10.3. The third-order valence-electron chi connectivity index (χ3n) is 4.12. The summed E-state index contributed by atoms with van der Waals surface area (Å²) >= 11 is 0. The van der Waals surface area contributed by atoms with Crippen molar-refractivity contribution in [3.8, 4) is 0 Å². The van der Waals surface area contributed by atoms with Crippen LogP contribution in [0, 0.1) is 0 Å². The van der Waals surface area contributed by atoms with Crippen LogP contribution in [0.1, 0.15) is 74.8 Å². The lowest BCUT2D eigenvalue weighted by Gasteiger charge is -2.12. The third kappa shape index (κ3) is 6.40. The fourth-order valence-electron chi connectivity index (χ4n) is 2.23. The van der Waals surface area contributed by atoms with Gasteiger partial charge in [-0.15, -0.1) is 0 Å². The van der Waals surface area contributed by atoms with Crippen LogP contribution in [-0.2, 0) is 16.1 Å². The molecule has 1 N–H and O–H groups in total. The number of aliphatic hydroxyl groups is 1. The summed E-state index contributed by atoms with van der Waals surface area (Å²) in [6, 6.07) is 0. The first kappa shape index (κ1) is 20.4. The van der Waals surface area contributed by atoms with E-state index in [1.807, 2.05) is 12.4 Å². The molecule has 7 heteroatoms. The predicted molar refractivity (Wildman–Crippen MR) is 97.4 cm³/mol. The average molecular weight is 360 g/mol. The Morgan fingerprint density at radius 3 is 2.08 bits per heavy atom. The second-order valence-electron chi connectivity index (χ2n) is 6.70. The van der Waals surface area contributed by atoms with Gasteiger partial charge in [0.15, 0.2) is 11.6 Å². The van der Waals surface area contributed by atoms with E-state index in [-0.39, 0.29) is 12.7 Å². The van der Waals surface area contributed by atoms with Crippen molar-refractivity contribution in [2.75, 3.05) is 13.4 Å². The highest BCUT2D eigenvalue weighted by molar-refractivity contribution is 5.11. The maximum absolute atomic E-state index is 9.43. The zero-order chi connectivity index (χ0) is 18.9. The largest absolute Gasteiger partial charge is 0.385 e. The molecule has 2 aromatic rings. The average Bonchev–Trinajstić information content (AvgIpc) is 2.64. The molecule has 2 heterocycles. The van der Waals surface area contributed by atoms with Crippen LogP contribution in [0.4, 0.5) is 0 Å². The number of aliphatic hydroxyl groups excluding tert-OH is 1. The first-order chi connectivity index (χ1) is 12.5. The van der Waals surface area contributed by atoms with Gasteiger partial charge in [-0.1, -0.05) is 20.8 Å². The molecule has 2 rings (SSSR count). The molecule has 0 saturated carbocycles. The molecule has 0 saturated heterocycles. The Kier molecular flexibility index (Phi) is 8.03. The lowest BCUT2D eigenvalue weighted by Crippen LogP contribution is -2.07. The predicted octanol–water partition coefficient (Wildman–Crippen LogP) is 3.13. The van der Waals surface area contributed by atoms with Crippen molar-refractivity contribution >= 4 is 0 Å². The van der Waals surface area contributed by atoms with E-state index in [1.165, 1.54) is 0 Å². The van der Waals surface area contributed by atoms with Gasteiger partial charge in [0.05, 0.1) is 6.61 Å². The molecular formula is C19H28N4O3. The van der Waals surface area contributed by atoms with Crippen molar-refractivity contribution < 1.29 is 14.6 Å². The molecule has 0 amide bonds. The van der Waals surface area contributed by atoms with Crippen LogP contribution in [0.3, 0.4) is 0 Å². The summed E-state index contributed by atoms with van der Waals surface area (Å²) in [5.74, 6) is 1.78. The molecule has 0 aliphatic heterocycles. The van der Waals surface area contributed by atoms with E-state index in [0.717, 1.165) is 17.5 Å². The van der Waals surface area contributed by atoms with Gasteiger partial charge < -0.3 is 14.6 Å². The summed E-state index contributed by atoms with van der Waals surface area (Å²) in [5, 5.41) is 9.43. The zero-order valence-electron chi connectivity index (χ0n) is 15.9. The van der Waals surface area contributed by atoms with Crippen LogP contribution in [0.15, 0.2) is 24.8 Å². The Morgan fingerprint density at radius 1 is 0.885 bits per heavy atom. The van der Waals surface area contributed by atoms with E-state index in [2.05, 4.69) is 40.7 Å². The lowest BCUT2D eigenvalue weighted by molar-refractivity contribution is -0.0646. The Balaban J connectivity index is 1.62. The highest BCUT2D eigenvalue weighted by atomic mass is 16.7. The number of rotatable bonds is 10. The summed E-state index contributed by atoms with van der Waals surface area (Å²) in [7, 11) is 0. The Morgan fingerprint density at radius 2 is 1.50 bits per heavy atom. The van der Waals surface area contributed by atoms with Gasteiger partial charge in [-0.25, -0.2) is 19.9 Å². The molecule has 7 nitrogen and oxygen atoms in total. The van der Waals surface area contributed by atoms with E-state index < -0.39 is 6.10 Å². The molecule has 2 atom stereocenters. The number of aromatic nitrogens is 4. The second-order valence-corrected chi connectivity index (χ2v) is 6.70. The van der Waals surface area contributed by atoms with E-state index >= 15 is 0 Å². The van der Waals surface area contributed by atoms with Crippen LogP contribution in [-0.4, -0.2) is 38.4 Å². The van der Waals surface area contributed by atoms with Gasteiger partial charge >= 0.3 is 0 Å². The third-order valence-corrected chi connectivity index (χ3v) is 4.12. The Labute approximate surface area is 154 Å². The molecule has 0 aromatic carbocycles. The van der Waals surface area contributed by atoms with E-state index in [1.54, 1.807) is 19.3 Å². The maximum atomic E-state index is 9.43. The summed E-state index contributed by atoms with van der Waals surface area (Å²) in [6.07, 6.45) is 7.38. The fraction of sp³-hybridized carbons (Fsp3) is 0.579. The van der Waals surface area contributed by atoms with Crippen LogP contribution in [0.25, 0.3) is 0 Å². The summed E-state index contributed by atoms with van der Waals surface area (Å²) in [6.45, 7) is 9.08. The zero-order valence-corrected chi connectivity index (χ0v) is 15.9. The van der Waals surface area contributed by atoms with Crippen molar-refractivity contribution in [3.63, 3.8) is 0 Å². The van der Waals surface area contributed by atoms with Gasteiger partial charge in [0.1, 0.15) is 19.5 Å². The highest BCUT2D eigenvalue weighted by Crippen LogP contribution is 2.18. The molecule has 0 fully saturated rings. The Hall–Kier alpha value is -1.96. The van der Waals surface area contributed by atoms with Crippen molar-refractivity contribution in [1.29, 1.82) is 0 Å². The van der Waals surface area contributed by atoms with E-state index in [4.69, 9.17) is 9.47 Å². The summed E-state index contributed by atoms with van der Waals surface area (Å²) in [4.78, 5) is 16.9. The first-order valence-corrected chi connectivity index (χ1v) is 8.93. The normalized spacial score (nSPS) is 13.8. The fourth-order valence-corrected chi connectivity index (χ4v) is 2.23.